The van der Waals surface area contributed by atoms with Crippen molar-refractivity contribution in [2.75, 3.05) is 26.6 Å². The van der Waals surface area contributed by atoms with E-state index in [2.05, 4.69) is 5.32 Å². The number of nitrogens with one attached hydrogen (secondary N) is 1. The van der Waals surface area contributed by atoms with Gasteiger partial charge < -0.3 is 24.3 Å². The SMILES string of the molecule is COc1ccc(NC(=O)/C(C#N)=C/c2cc(Cl)c(OC(C)C)c(OC)c2)cc1OC. The van der Waals surface area contributed by atoms with Gasteiger partial charge >= 0.3 is 0 Å². The average molecular weight is 431 g/mol. The highest BCUT2D eigenvalue weighted by molar-refractivity contribution is 6.32. The zero-order valence-corrected chi connectivity index (χ0v) is 18.2. The monoisotopic (exact) mass is 430 g/mol. The Morgan fingerprint density at radius 2 is 1.73 bits per heavy atom. The molecule has 30 heavy (non-hydrogen) atoms. The zero-order chi connectivity index (χ0) is 22.3. The molecule has 0 aliphatic heterocycles. The molecule has 0 aromatic heterocycles. The van der Waals surface area contributed by atoms with Crippen LogP contribution in [0.15, 0.2) is 35.9 Å². The number of nitriles is 1. The molecule has 0 bridgehead atoms. The molecule has 1 N–H and O–H groups in total. The lowest BCUT2D eigenvalue weighted by atomic mass is 10.1. The van der Waals surface area contributed by atoms with Crippen LogP contribution in [0.25, 0.3) is 6.08 Å². The molecular weight excluding hydrogens is 408 g/mol. The van der Waals surface area contributed by atoms with Gasteiger partial charge in [-0.05, 0) is 49.8 Å². The van der Waals surface area contributed by atoms with E-state index < -0.39 is 5.91 Å². The smallest absolute Gasteiger partial charge is 0.266 e. The van der Waals surface area contributed by atoms with Crippen molar-refractivity contribution in [1.29, 1.82) is 5.26 Å². The van der Waals surface area contributed by atoms with Crippen LogP contribution in [0.2, 0.25) is 5.02 Å². The quantitative estimate of drug-likeness (QED) is 0.482. The van der Waals surface area contributed by atoms with E-state index in [1.807, 2.05) is 19.9 Å². The second kappa shape index (κ2) is 10.4. The molecule has 0 aliphatic carbocycles. The number of carbonyl (C=O) groups excluding carboxylic acids is 1. The Kier molecular flexibility index (Phi) is 7.96. The van der Waals surface area contributed by atoms with Gasteiger partial charge in [0.25, 0.3) is 5.91 Å². The van der Waals surface area contributed by atoms with Gasteiger partial charge in [0.15, 0.2) is 23.0 Å². The molecule has 8 heteroatoms. The first-order valence-electron chi connectivity index (χ1n) is 9.02. The van der Waals surface area contributed by atoms with Gasteiger partial charge in [-0.15, -0.1) is 0 Å². The maximum atomic E-state index is 12.6. The van der Waals surface area contributed by atoms with Crippen molar-refractivity contribution in [3.8, 4) is 29.1 Å². The van der Waals surface area contributed by atoms with Crippen molar-refractivity contribution in [2.24, 2.45) is 0 Å². The van der Waals surface area contributed by atoms with Crippen molar-refractivity contribution in [1.82, 2.24) is 0 Å². The van der Waals surface area contributed by atoms with Gasteiger partial charge in [-0.2, -0.15) is 5.26 Å². The summed E-state index contributed by atoms with van der Waals surface area (Å²) in [5.74, 6) is 1.20. The summed E-state index contributed by atoms with van der Waals surface area (Å²) in [6.07, 6.45) is 1.32. The molecular formula is C22H23ClN2O5. The fourth-order valence-electron chi connectivity index (χ4n) is 2.60. The van der Waals surface area contributed by atoms with E-state index in [0.717, 1.165) is 0 Å². The lowest BCUT2D eigenvalue weighted by Gasteiger charge is -2.15. The minimum atomic E-state index is -0.581. The standard InChI is InChI=1S/C22H23ClN2O5/c1-13(2)30-21-17(23)9-14(10-20(21)29-5)8-15(12-24)22(26)25-16-6-7-18(27-3)19(11-16)28-4/h6-11,13H,1-5H3,(H,25,26)/b15-8+. The van der Waals surface area contributed by atoms with Crippen LogP contribution in [0, 0.1) is 11.3 Å². The van der Waals surface area contributed by atoms with Crippen molar-refractivity contribution < 1.29 is 23.7 Å². The van der Waals surface area contributed by atoms with Crippen molar-refractivity contribution in [3.63, 3.8) is 0 Å². The number of hydrogen-bond donors (Lipinski definition) is 1. The van der Waals surface area contributed by atoms with Gasteiger partial charge in [0.1, 0.15) is 11.6 Å². The topological polar surface area (TPSA) is 89.8 Å². The van der Waals surface area contributed by atoms with E-state index in [-0.39, 0.29) is 11.7 Å². The minimum absolute atomic E-state index is 0.0975. The number of hydrogen-bond acceptors (Lipinski definition) is 6. The Morgan fingerprint density at radius 1 is 1.07 bits per heavy atom. The minimum Gasteiger partial charge on any atom is -0.493 e. The number of ether oxygens (including phenoxy) is 4. The third-order valence-electron chi connectivity index (χ3n) is 3.92. The number of carbonyl (C=O) groups is 1. The predicted molar refractivity (Wildman–Crippen MR) is 116 cm³/mol. The highest BCUT2D eigenvalue weighted by Gasteiger charge is 2.16. The normalized spacial score (nSPS) is 10.9. The summed E-state index contributed by atoms with van der Waals surface area (Å²) in [5, 5.41) is 12.5. The number of nitrogens with zero attached hydrogens (tertiary/aromatic N) is 1. The molecule has 0 radical (unpaired) electrons. The number of halogens is 1. The van der Waals surface area contributed by atoms with E-state index in [4.69, 9.17) is 30.5 Å². The third-order valence-corrected chi connectivity index (χ3v) is 4.20. The molecule has 0 heterocycles. The summed E-state index contributed by atoms with van der Waals surface area (Å²) in [5.41, 5.74) is 0.863. The van der Waals surface area contributed by atoms with Crippen molar-refractivity contribution in [3.05, 3.63) is 46.5 Å². The first kappa shape index (κ1) is 22.9. The molecule has 0 unspecified atom stereocenters. The van der Waals surface area contributed by atoms with Crippen molar-refractivity contribution in [2.45, 2.75) is 20.0 Å². The van der Waals surface area contributed by atoms with Crippen molar-refractivity contribution >= 4 is 29.3 Å². The molecule has 2 aromatic rings. The highest BCUT2D eigenvalue weighted by atomic mass is 35.5. The van der Waals surface area contributed by atoms with Gasteiger partial charge in [-0.25, -0.2) is 0 Å². The van der Waals surface area contributed by atoms with Crippen LogP contribution in [-0.2, 0) is 4.79 Å². The van der Waals surface area contributed by atoms with Gasteiger partial charge in [0.2, 0.25) is 0 Å². The second-order valence-electron chi connectivity index (χ2n) is 6.39. The Morgan fingerprint density at radius 3 is 2.30 bits per heavy atom. The van der Waals surface area contributed by atoms with Crippen LogP contribution in [0.1, 0.15) is 19.4 Å². The largest absolute Gasteiger partial charge is 0.493 e. The van der Waals surface area contributed by atoms with Gasteiger partial charge in [0.05, 0.1) is 32.5 Å². The van der Waals surface area contributed by atoms with E-state index in [1.165, 1.54) is 27.4 Å². The van der Waals surface area contributed by atoms with E-state index in [1.54, 1.807) is 30.3 Å². The summed E-state index contributed by atoms with van der Waals surface area (Å²) < 4.78 is 21.4. The molecule has 7 nitrogen and oxygen atoms in total. The molecule has 2 aromatic carbocycles. The van der Waals surface area contributed by atoms with E-state index in [9.17, 15) is 10.1 Å². The summed E-state index contributed by atoms with van der Waals surface area (Å²) >= 11 is 6.31. The van der Waals surface area contributed by atoms with Gasteiger partial charge in [-0.3, -0.25) is 4.79 Å². The fourth-order valence-corrected chi connectivity index (χ4v) is 2.86. The second-order valence-corrected chi connectivity index (χ2v) is 6.80. The molecule has 2 rings (SSSR count). The van der Waals surface area contributed by atoms with Gasteiger partial charge in [-0.1, -0.05) is 11.6 Å². The average Bonchev–Trinajstić information content (AvgIpc) is 2.72. The third kappa shape index (κ3) is 5.58. The van der Waals surface area contributed by atoms with Crippen LogP contribution < -0.4 is 24.3 Å². The maximum absolute atomic E-state index is 12.6. The molecule has 0 saturated carbocycles. The van der Waals surface area contributed by atoms with Gasteiger partial charge in [0, 0.05) is 11.8 Å². The van der Waals surface area contributed by atoms with E-state index in [0.29, 0.717) is 39.3 Å². The Balaban J connectivity index is 2.32. The first-order chi connectivity index (χ1) is 14.3. The summed E-state index contributed by atoms with van der Waals surface area (Å²) in [4.78, 5) is 12.6. The van der Waals surface area contributed by atoms with E-state index >= 15 is 0 Å². The van der Waals surface area contributed by atoms with Crippen LogP contribution in [0.5, 0.6) is 23.0 Å². The molecule has 0 saturated heterocycles. The Labute approximate surface area is 180 Å². The molecule has 0 fully saturated rings. The number of benzene rings is 2. The van der Waals surface area contributed by atoms with Crippen LogP contribution >= 0.6 is 11.6 Å². The Bertz CT molecular complexity index is 996. The maximum Gasteiger partial charge on any atom is 0.266 e. The molecule has 0 aliphatic rings. The number of rotatable bonds is 8. The Hall–Kier alpha value is -3.37. The summed E-state index contributed by atoms with van der Waals surface area (Å²) in [7, 11) is 4.50. The molecule has 0 atom stereocenters. The lowest BCUT2D eigenvalue weighted by Crippen LogP contribution is -2.13. The molecule has 0 spiro atoms. The highest BCUT2D eigenvalue weighted by Crippen LogP contribution is 2.37. The fraction of sp³-hybridized carbons (Fsp3) is 0.273. The number of amides is 1. The molecule has 1 amide bonds. The van der Waals surface area contributed by atoms with Crippen LogP contribution in [-0.4, -0.2) is 33.3 Å². The summed E-state index contributed by atoms with van der Waals surface area (Å²) in [6, 6.07) is 10.0. The predicted octanol–water partition coefficient (Wildman–Crippen LogP) is 4.70. The molecule has 158 valence electrons. The number of anilines is 1. The number of methoxy groups -OCH3 is 3. The summed E-state index contributed by atoms with van der Waals surface area (Å²) in [6.45, 7) is 3.74. The van der Waals surface area contributed by atoms with Crippen LogP contribution in [0.4, 0.5) is 5.69 Å². The first-order valence-corrected chi connectivity index (χ1v) is 9.40. The lowest BCUT2D eigenvalue weighted by molar-refractivity contribution is -0.112. The van der Waals surface area contributed by atoms with Crippen LogP contribution in [0.3, 0.4) is 0 Å². The zero-order valence-electron chi connectivity index (χ0n) is 17.4.